The van der Waals surface area contributed by atoms with Crippen molar-refractivity contribution in [3.63, 3.8) is 0 Å². The molecule has 5 nitrogen and oxygen atoms in total. The number of ether oxygens (including phenoxy) is 1. The summed E-state index contributed by atoms with van der Waals surface area (Å²) in [5.74, 6) is 0.393. The lowest BCUT2D eigenvalue weighted by Crippen LogP contribution is -2.25. The molecule has 1 aromatic heterocycles. The number of benzene rings is 2. The molecule has 0 radical (unpaired) electrons. The van der Waals surface area contributed by atoms with Crippen LogP contribution in [-0.4, -0.2) is 15.9 Å². The fourth-order valence-electron chi connectivity index (χ4n) is 2.22. The van der Waals surface area contributed by atoms with Crippen LogP contribution < -0.4 is 10.3 Å². The first-order valence-electron chi connectivity index (χ1n) is 7.67. The Hall–Kier alpha value is -2.95. The molecule has 5 heteroatoms. The monoisotopic (exact) mass is 322 g/mol. The Balaban J connectivity index is 2.11. The van der Waals surface area contributed by atoms with Gasteiger partial charge in [-0.05, 0) is 45.0 Å². The smallest absolute Gasteiger partial charge is 0.316 e. The lowest BCUT2D eigenvalue weighted by atomic mass is 9.97. The number of H-pyrrole nitrogens is 1. The standard InChI is InChI=1S/C19H18N2O3/c1-19(2,3)18(23)24-15-11-7-5-9-13(15)16-20-14-10-6-4-8-12(14)17(22)21-16/h4-11H,1-3H3,(H,20,21,22). The van der Waals surface area contributed by atoms with Crippen molar-refractivity contribution in [3.8, 4) is 17.1 Å². The summed E-state index contributed by atoms with van der Waals surface area (Å²) in [4.78, 5) is 31.7. The second-order valence-electron chi connectivity index (χ2n) is 6.57. The zero-order valence-electron chi connectivity index (χ0n) is 13.8. The van der Waals surface area contributed by atoms with Gasteiger partial charge in [0.25, 0.3) is 5.56 Å². The molecule has 3 rings (SSSR count). The van der Waals surface area contributed by atoms with Crippen molar-refractivity contribution < 1.29 is 9.53 Å². The second-order valence-corrected chi connectivity index (χ2v) is 6.57. The third kappa shape index (κ3) is 3.06. The largest absolute Gasteiger partial charge is 0.425 e. The van der Waals surface area contributed by atoms with E-state index >= 15 is 0 Å². The maximum atomic E-state index is 12.3. The number of rotatable bonds is 2. The topological polar surface area (TPSA) is 72.0 Å². The molecule has 0 saturated carbocycles. The molecule has 0 spiro atoms. The Bertz CT molecular complexity index is 968. The average Bonchev–Trinajstić information content (AvgIpc) is 2.54. The number of nitrogens with one attached hydrogen (secondary N) is 1. The first-order chi connectivity index (χ1) is 11.4. The van der Waals surface area contributed by atoms with E-state index in [0.29, 0.717) is 28.0 Å². The van der Waals surface area contributed by atoms with Crippen LogP contribution in [0, 0.1) is 5.41 Å². The van der Waals surface area contributed by atoms with Crippen molar-refractivity contribution in [2.75, 3.05) is 0 Å². The fraction of sp³-hybridized carbons (Fsp3) is 0.211. The fourth-order valence-corrected chi connectivity index (χ4v) is 2.22. The van der Waals surface area contributed by atoms with E-state index in [4.69, 9.17) is 4.74 Å². The van der Waals surface area contributed by atoms with E-state index in [1.165, 1.54) is 0 Å². The molecular weight excluding hydrogens is 304 g/mol. The van der Waals surface area contributed by atoms with Crippen molar-refractivity contribution in [3.05, 3.63) is 58.9 Å². The van der Waals surface area contributed by atoms with Gasteiger partial charge in [0.05, 0.1) is 21.9 Å². The van der Waals surface area contributed by atoms with Crippen LogP contribution in [0.3, 0.4) is 0 Å². The Morgan fingerprint density at radius 1 is 1.04 bits per heavy atom. The van der Waals surface area contributed by atoms with Crippen LogP contribution in [0.15, 0.2) is 53.3 Å². The molecule has 24 heavy (non-hydrogen) atoms. The lowest BCUT2D eigenvalue weighted by molar-refractivity contribution is -0.142. The van der Waals surface area contributed by atoms with Crippen LogP contribution in [0.2, 0.25) is 0 Å². The first-order valence-corrected chi connectivity index (χ1v) is 7.67. The van der Waals surface area contributed by atoms with E-state index in [2.05, 4.69) is 9.97 Å². The highest BCUT2D eigenvalue weighted by Crippen LogP contribution is 2.29. The summed E-state index contributed by atoms with van der Waals surface area (Å²) >= 11 is 0. The van der Waals surface area contributed by atoms with Gasteiger partial charge >= 0.3 is 5.97 Å². The van der Waals surface area contributed by atoms with Gasteiger partial charge in [-0.3, -0.25) is 9.59 Å². The van der Waals surface area contributed by atoms with Gasteiger partial charge in [0, 0.05) is 0 Å². The molecule has 0 bridgehead atoms. The van der Waals surface area contributed by atoms with Crippen LogP contribution in [-0.2, 0) is 4.79 Å². The zero-order valence-corrected chi connectivity index (χ0v) is 13.8. The molecule has 0 aliphatic rings. The average molecular weight is 322 g/mol. The van der Waals surface area contributed by atoms with Crippen LogP contribution in [0.25, 0.3) is 22.3 Å². The van der Waals surface area contributed by atoms with Gasteiger partial charge in [0.15, 0.2) is 0 Å². The quantitative estimate of drug-likeness (QED) is 0.578. The van der Waals surface area contributed by atoms with Gasteiger partial charge in [0.1, 0.15) is 11.6 Å². The number of hydrogen-bond donors (Lipinski definition) is 1. The molecular formula is C19H18N2O3. The molecule has 0 amide bonds. The summed E-state index contributed by atoms with van der Waals surface area (Å²) in [7, 11) is 0. The van der Waals surface area contributed by atoms with Crippen molar-refractivity contribution >= 4 is 16.9 Å². The van der Waals surface area contributed by atoms with Crippen molar-refractivity contribution in [2.24, 2.45) is 5.41 Å². The number of esters is 1. The molecule has 0 atom stereocenters. The van der Waals surface area contributed by atoms with Crippen molar-refractivity contribution in [1.29, 1.82) is 0 Å². The predicted molar refractivity (Wildman–Crippen MR) is 92.9 cm³/mol. The SMILES string of the molecule is CC(C)(C)C(=O)Oc1ccccc1-c1nc2ccccc2c(=O)[nH]1. The molecule has 0 aliphatic carbocycles. The highest BCUT2D eigenvalue weighted by molar-refractivity contribution is 5.82. The molecule has 1 heterocycles. The normalized spacial score (nSPS) is 11.5. The summed E-state index contributed by atoms with van der Waals surface area (Å²) in [6.07, 6.45) is 0. The predicted octanol–water partition coefficient (Wildman–Crippen LogP) is 3.54. The number of carbonyl (C=O) groups excluding carboxylic acids is 1. The van der Waals surface area contributed by atoms with Gasteiger partial charge in [-0.2, -0.15) is 0 Å². The number of hydrogen-bond acceptors (Lipinski definition) is 4. The summed E-state index contributed by atoms with van der Waals surface area (Å²) < 4.78 is 5.52. The van der Waals surface area contributed by atoms with Crippen LogP contribution in [0.5, 0.6) is 5.75 Å². The number of aromatic nitrogens is 2. The van der Waals surface area contributed by atoms with Gasteiger partial charge in [-0.1, -0.05) is 24.3 Å². The Kier molecular flexibility index (Phi) is 3.93. The van der Waals surface area contributed by atoms with Crippen molar-refractivity contribution in [2.45, 2.75) is 20.8 Å². The van der Waals surface area contributed by atoms with Crippen LogP contribution >= 0.6 is 0 Å². The molecule has 0 aliphatic heterocycles. The molecule has 122 valence electrons. The summed E-state index contributed by atoms with van der Waals surface area (Å²) in [6, 6.07) is 14.1. The van der Waals surface area contributed by atoms with Gasteiger partial charge in [-0.25, -0.2) is 4.98 Å². The van der Waals surface area contributed by atoms with Gasteiger partial charge in [0.2, 0.25) is 0 Å². The first kappa shape index (κ1) is 15.9. The molecule has 0 fully saturated rings. The molecule has 0 unspecified atom stereocenters. The third-order valence-electron chi connectivity index (χ3n) is 3.57. The molecule has 1 N–H and O–H groups in total. The number of carbonyl (C=O) groups is 1. The maximum Gasteiger partial charge on any atom is 0.316 e. The van der Waals surface area contributed by atoms with Crippen molar-refractivity contribution in [1.82, 2.24) is 9.97 Å². The minimum absolute atomic E-state index is 0.229. The Morgan fingerprint density at radius 2 is 1.71 bits per heavy atom. The van der Waals surface area contributed by atoms with E-state index in [0.717, 1.165) is 0 Å². The number of aromatic amines is 1. The van der Waals surface area contributed by atoms with Crippen LogP contribution in [0.1, 0.15) is 20.8 Å². The van der Waals surface area contributed by atoms with E-state index in [1.807, 2.05) is 6.07 Å². The second kappa shape index (κ2) is 5.92. The Morgan fingerprint density at radius 3 is 2.46 bits per heavy atom. The van der Waals surface area contributed by atoms with Gasteiger partial charge < -0.3 is 9.72 Å². The lowest BCUT2D eigenvalue weighted by Gasteiger charge is -2.17. The van der Waals surface area contributed by atoms with E-state index in [-0.39, 0.29) is 11.5 Å². The minimum Gasteiger partial charge on any atom is -0.425 e. The van der Waals surface area contributed by atoms with Crippen LogP contribution in [0.4, 0.5) is 0 Å². The minimum atomic E-state index is -0.628. The number of nitrogens with zero attached hydrogens (tertiary/aromatic N) is 1. The summed E-state index contributed by atoms with van der Waals surface area (Å²) in [6.45, 7) is 5.36. The van der Waals surface area contributed by atoms with E-state index < -0.39 is 5.41 Å². The third-order valence-corrected chi connectivity index (χ3v) is 3.57. The molecule has 2 aromatic carbocycles. The highest BCUT2D eigenvalue weighted by atomic mass is 16.5. The maximum absolute atomic E-state index is 12.3. The number of fused-ring (bicyclic) bond motifs is 1. The van der Waals surface area contributed by atoms with E-state index in [9.17, 15) is 9.59 Å². The van der Waals surface area contributed by atoms with E-state index in [1.54, 1.807) is 63.2 Å². The summed E-state index contributed by atoms with van der Waals surface area (Å²) in [5, 5.41) is 0.519. The molecule has 0 saturated heterocycles. The molecule has 3 aromatic rings. The zero-order chi connectivity index (χ0) is 17.3. The Labute approximate surface area is 139 Å². The van der Waals surface area contributed by atoms with Gasteiger partial charge in [-0.15, -0.1) is 0 Å². The summed E-state index contributed by atoms with van der Waals surface area (Å²) in [5.41, 5.74) is 0.302. The highest BCUT2D eigenvalue weighted by Gasteiger charge is 2.25. The number of para-hydroxylation sites is 2.